The van der Waals surface area contributed by atoms with E-state index in [0.717, 1.165) is 18.8 Å². The number of aryl methyl sites for hydroxylation is 1. The topological polar surface area (TPSA) is 86.1 Å². The van der Waals surface area contributed by atoms with Gasteiger partial charge in [0.05, 0.1) is 5.75 Å². The van der Waals surface area contributed by atoms with Crippen molar-refractivity contribution in [3.05, 3.63) is 35.7 Å². The fraction of sp³-hybridized carbons (Fsp3) is 0.412. The molecule has 0 aliphatic heterocycles. The first-order chi connectivity index (χ1) is 12.0. The number of hydrogen-bond donors (Lipinski definition) is 1. The zero-order valence-corrected chi connectivity index (χ0v) is 15.4. The quantitative estimate of drug-likeness (QED) is 0.419. The number of anilines is 1. The maximum atomic E-state index is 12.2. The number of carbonyl (C=O) groups is 2. The van der Waals surface area contributed by atoms with Crippen molar-refractivity contribution in [1.82, 2.24) is 14.8 Å². The summed E-state index contributed by atoms with van der Waals surface area (Å²) in [6.45, 7) is 4.79. The Hall–Kier alpha value is -2.19. The summed E-state index contributed by atoms with van der Waals surface area (Å²) in [6.07, 6.45) is 0.854. The molecule has 0 unspecified atom stereocenters. The smallest absolute Gasteiger partial charge is 0.234 e. The monoisotopic (exact) mass is 362 g/mol. The van der Waals surface area contributed by atoms with Gasteiger partial charge >= 0.3 is 0 Å². The standard InChI is InChI=1S/C17H22N4O3S/c1-12(22)14-6-4-7-15(10-14)18-16(23)11-25-17-20-19-13(2)21(17)8-5-9-24-3/h4,6-7,10H,5,8-9,11H2,1-3H3,(H,18,23). The summed E-state index contributed by atoms with van der Waals surface area (Å²) in [5, 5.41) is 11.7. The largest absolute Gasteiger partial charge is 0.385 e. The Labute approximate surface area is 151 Å². The zero-order chi connectivity index (χ0) is 18.2. The number of amides is 1. The number of carbonyl (C=O) groups excluding carboxylic acids is 2. The molecule has 1 N–H and O–H groups in total. The van der Waals surface area contributed by atoms with E-state index in [2.05, 4.69) is 15.5 Å². The van der Waals surface area contributed by atoms with Crippen LogP contribution in [0.3, 0.4) is 0 Å². The highest BCUT2D eigenvalue weighted by Gasteiger charge is 2.12. The minimum atomic E-state index is -0.158. The van der Waals surface area contributed by atoms with Gasteiger partial charge in [-0.25, -0.2) is 0 Å². The second-order valence-corrected chi connectivity index (χ2v) is 6.44. The molecule has 25 heavy (non-hydrogen) atoms. The van der Waals surface area contributed by atoms with E-state index in [1.54, 1.807) is 31.4 Å². The van der Waals surface area contributed by atoms with Crippen molar-refractivity contribution in [1.29, 1.82) is 0 Å². The molecule has 2 aromatic rings. The highest BCUT2D eigenvalue weighted by molar-refractivity contribution is 7.99. The highest BCUT2D eigenvalue weighted by atomic mass is 32.2. The summed E-state index contributed by atoms with van der Waals surface area (Å²) in [4.78, 5) is 23.5. The van der Waals surface area contributed by atoms with Crippen molar-refractivity contribution >= 4 is 29.1 Å². The third kappa shape index (κ3) is 5.68. The molecule has 0 aliphatic carbocycles. The summed E-state index contributed by atoms with van der Waals surface area (Å²) in [5.41, 5.74) is 1.18. The third-order valence-electron chi connectivity index (χ3n) is 3.52. The van der Waals surface area contributed by atoms with E-state index < -0.39 is 0 Å². The maximum absolute atomic E-state index is 12.2. The SMILES string of the molecule is COCCCn1c(C)nnc1SCC(=O)Nc1cccc(C(C)=O)c1. The predicted octanol–water partition coefficient (Wildman–Crippen LogP) is 2.56. The molecule has 0 saturated heterocycles. The Kier molecular flexibility index (Phi) is 7.15. The minimum absolute atomic E-state index is 0.0369. The molecule has 0 atom stereocenters. The van der Waals surface area contributed by atoms with E-state index in [1.165, 1.54) is 18.7 Å². The molecule has 0 fully saturated rings. The van der Waals surface area contributed by atoms with E-state index in [-0.39, 0.29) is 17.4 Å². The molecule has 0 bridgehead atoms. The minimum Gasteiger partial charge on any atom is -0.385 e. The number of ether oxygens (including phenoxy) is 1. The first kappa shape index (κ1) is 19.1. The number of rotatable bonds is 9. The Morgan fingerprint density at radius 1 is 1.32 bits per heavy atom. The van der Waals surface area contributed by atoms with Crippen molar-refractivity contribution in [2.45, 2.75) is 32.0 Å². The van der Waals surface area contributed by atoms with Crippen molar-refractivity contribution in [3.8, 4) is 0 Å². The lowest BCUT2D eigenvalue weighted by Crippen LogP contribution is -2.15. The molecule has 2 rings (SSSR count). The van der Waals surface area contributed by atoms with E-state index in [9.17, 15) is 9.59 Å². The van der Waals surface area contributed by atoms with Crippen LogP contribution in [0.15, 0.2) is 29.4 Å². The van der Waals surface area contributed by atoms with E-state index >= 15 is 0 Å². The van der Waals surface area contributed by atoms with Gasteiger partial charge in [0.15, 0.2) is 10.9 Å². The number of methoxy groups -OCH3 is 1. The van der Waals surface area contributed by atoms with Gasteiger partial charge in [0.25, 0.3) is 0 Å². The molecule has 0 radical (unpaired) electrons. The number of hydrogen-bond acceptors (Lipinski definition) is 6. The predicted molar refractivity (Wildman–Crippen MR) is 97.1 cm³/mol. The van der Waals surface area contributed by atoms with Crippen LogP contribution in [-0.2, 0) is 16.1 Å². The average molecular weight is 362 g/mol. The molecule has 134 valence electrons. The molecule has 1 heterocycles. The first-order valence-corrected chi connectivity index (χ1v) is 8.92. The number of benzene rings is 1. The van der Waals surface area contributed by atoms with E-state index in [1.807, 2.05) is 11.5 Å². The number of ketones is 1. The summed E-state index contributed by atoms with van der Waals surface area (Å²) in [7, 11) is 1.67. The number of aromatic nitrogens is 3. The lowest BCUT2D eigenvalue weighted by molar-refractivity contribution is -0.113. The molecule has 1 aromatic carbocycles. The van der Waals surface area contributed by atoms with Gasteiger partial charge in [0.2, 0.25) is 5.91 Å². The van der Waals surface area contributed by atoms with Gasteiger partial charge in [-0.05, 0) is 32.4 Å². The fourth-order valence-electron chi connectivity index (χ4n) is 2.24. The highest BCUT2D eigenvalue weighted by Crippen LogP contribution is 2.18. The van der Waals surface area contributed by atoms with Crippen LogP contribution < -0.4 is 5.32 Å². The van der Waals surface area contributed by atoms with Crippen molar-refractivity contribution in [3.63, 3.8) is 0 Å². The molecule has 0 aliphatic rings. The van der Waals surface area contributed by atoms with Gasteiger partial charge in [-0.2, -0.15) is 0 Å². The van der Waals surface area contributed by atoms with Crippen LogP contribution in [0, 0.1) is 6.92 Å². The summed E-state index contributed by atoms with van der Waals surface area (Å²) in [6, 6.07) is 6.89. The van der Waals surface area contributed by atoms with Crippen LogP contribution in [0.1, 0.15) is 29.5 Å². The second kappa shape index (κ2) is 9.33. The van der Waals surface area contributed by atoms with Gasteiger partial charge in [0, 0.05) is 31.5 Å². The van der Waals surface area contributed by atoms with E-state index in [4.69, 9.17) is 4.74 Å². The van der Waals surface area contributed by atoms with Crippen LogP contribution in [0.4, 0.5) is 5.69 Å². The van der Waals surface area contributed by atoms with Crippen LogP contribution in [-0.4, -0.2) is 45.9 Å². The normalized spacial score (nSPS) is 10.7. The van der Waals surface area contributed by atoms with Crippen molar-refractivity contribution in [2.24, 2.45) is 0 Å². The molecule has 7 nitrogen and oxygen atoms in total. The fourth-order valence-corrected chi connectivity index (χ4v) is 3.05. The average Bonchev–Trinajstić information content (AvgIpc) is 2.94. The number of nitrogens with one attached hydrogen (secondary N) is 1. The third-order valence-corrected chi connectivity index (χ3v) is 4.48. The Balaban J connectivity index is 1.92. The van der Waals surface area contributed by atoms with Crippen molar-refractivity contribution in [2.75, 3.05) is 24.8 Å². The van der Waals surface area contributed by atoms with Crippen LogP contribution in [0.5, 0.6) is 0 Å². The summed E-state index contributed by atoms with van der Waals surface area (Å²) < 4.78 is 7.04. The van der Waals surface area contributed by atoms with Crippen molar-refractivity contribution < 1.29 is 14.3 Å². The molecule has 0 saturated carbocycles. The van der Waals surface area contributed by atoms with Crippen LogP contribution >= 0.6 is 11.8 Å². The Morgan fingerprint density at radius 3 is 2.84 bits per heavy atom. The molecule has 1 amide bonds. The van der Waals surface area contributed by atoms with Crippen LogP contribution in [0.2, 0.25) is 0 Å². The molecular weight excluding hydrogens is 340 g/mol. The molecular formula is C17H22N4O3S. The number of nitrogens with zero attached hydrogens (tertiary/aromatic N) is 3. The number of thioether (sulfide) groups is 1. The first-order valence-electron chi connectivity index (χ1n) is 7.93. The van der Waals surface area contributed by atoms with Crippen LogP contribution in [0.25, 0.3) is 0 Å². The van der Waals surface area contributed by atoms with Gasteiger partial charge in [-0.1, -0.05) is 23.9 Å². The van der Waals surface area contributed by atoms with Gasteiger partial charge < -0.3 is 14.6 Å². The number of Topliss-reactive ketones (excluding diaryl/α,β-unsaturated/α-hetero) is 1. The second-order valence-electron chi connectivity index (χ2n) is 5.50. The maximum Gasteiger partial charge on any atom is 0.234 e. The van der Waals surface area contributed by atoms with Gasteiger partial charge in [0.1, 0.15) is 5.82 Å². The molecule has 0 spiro atoms. The molecule has 1 aromatic heterocycles. The van der Waals surface area contributed by atoms with Gasteiger partial charge in [-0.3, -0.25) is 9.59 Å². The summed E-state index contributed by atoms with van der Waals surface area (Å²) in [5.74, 6) is 0.834. The Morgan fingerprint density at radius 2 is 2.12 bits per heavy atom. The van der Waals surface area contributed by atoms with Gasteiger partial charge in [-0.15, -0.1) is 10.2 Å². The lowest BCUT2D eigenvalue weighted by atomic mass is 10.1. The van der Waals surface area contributed by atoms with E-state index in [0.29, 0.717) is 23.0 Å². The molecule has 8 heteroatoms. The Bertz CT molecular complexity index is 745. The zero-order valence-electron chi connectivity index (χ0n) is 14.6. The summed E-state index contributed by atoms with van der Waals surface area (Å²) >= 11 is 1.33. The lowest BCUT2D eigenvalue weighted by Gasteiger charge is -2.08.